The Bertz CT molecular complexity index is 1070. The number of fused-ring (bicyclic) bond motifs is 1. The molecular weight excluding hydrogens is 364 g/mol. The van der Waals surface area contributed by atoms with Gasteiger partial charge in [-0.25, -0.2) is 15.0 Å². The maximum Gasteiger partial charge on any atom is 0.387 e. The van der Waals surface area contributed by atoms with Gasteiger partial charge in [0.25, 0.3) is 0 Å². The van der Waals surface area contributed by atoms with Crippen LogP contribution in [0.2, 0.25) is 0 Å². The Kier molecular flexibility index (Phi) is 5.09. The van der Waals surface area contributed by atoms with Gasteiger partial charge in [0.15, 0.2) is 0 Å². The summed E-state index contributed by atoms with van der Waals surface area (Å²) in [5.74, 6) is 0.547. The molecule has 0 fully saturated rings. The molecule has 0 radical (unpaired) electrons. The zero-order chi connectivity index (χ0) is 19.3. The van der Waals surface area contributed by atoms with Crippen molar-refractivity contribution in [2.75, 3.05) is 5.32 Å². The number of halogens is 2. The normalized spacial score (nSPS) is 11.1. The number of para-hydroxylation sites is 1. The average molecular weight is 381 g/mol. The highest BCUT2D eigenvalue weighted by atomic mass is 19.3. The lowest BCUT2D eigenvalue weighted by Gasteiger charge is -2.11. The van der Waals surface area contributed by atoms with E-state index in [1.807, 2.05) is 18.3 Å². The fraction of sp³-hybridized carbons (Fsp3) is 0.150. The highest BCUT2D eigenvalue weighted by Crippen LogP contribution is 2.21. The summed E-state index contributed by atoms with van der Waals surface area (Å²) in [6.45, 7) is -2.59. The van der Waals surface area contributed by atoms with E-state index in [2.05, 4.69) is 30.0 Å². The Balaban J connectivity index is 1.41. The highest BCUT2D eigenvalue weighted by Gasteiger charge is 2.10. The number of aromatic nitrogens is 4. The summed E-state index contributed by atoms with van der Waals surface area (Å²) >= 11 is 0. The molecule has 0 aliphatic heterocycles. The highest BCUT2D eigenvalue weighted by molar-refractivity contribution is 5.79. The van der Waals surface area contributed by atoms with Gasteiger partial charge in [0.05, 0.1) is 0 Å². The van der Waals surface area contributed by atoms with Crippen molar-refractivity contribution in [2.24, 2.45) is 0 Å². The first kappa shape index (κ1) is 17.8. The van der Waals surface area contributed by atoms with Crippen LogP contribution in [0.1, 0.15) is 16.7 Å². The standard InChI is InChI=1S/C20H17F2N5O/c21-19(22)28-17-6-2-1-4-14(17)11-27-20-25-9-13(10-26-20)8-15-12-24-18-16(15)5-3-7-23-18/h1-7,9-10,12,19H,8,11H2,(H,23,24)(H,25,26,27). The minimum Gasteiger partial charge on any atom is -0.434 e. The monoisotopic (exact) mass is 381 g/mol. The predicted molar refractivity (Wildman–Crippen MR) is 101 cm³/mol. The summed E-state index contributed by atoms with van der Waals surface area (Å²) in [4.78, 5) is 16.0. The summed E-state index contributed by atoms with van der Waals surface area (Å²) < 4.78 is 29.5. The van der Waals surface area contributed by atoms with Crippen LogP contribution in [0.25, 0.3) is 11.0 Å². The minimum atomic E-state index is -2.86. The Labute approximate surface area is 159 Å². The molecule has 4 rings (SSSR count). The van der Waals surface area contributed by atoms with E-state index in [4.69, 9.17) is 0 Å². The van der Waals surface area contributed by atoms with Crippen LogP contribution in [0.3, 0.4) is 0 Å². The van der Waals surface area contributed by atoms with E-state index in [0.29, 0.717) is 17.9 Å². The molecule has 2 N–H and O–H groups in total. The third-order valence-corrected chi connectivity index (χ3v) is 4.26. The maximum absolute atomic E-state index is 12.5. The van der Waals surface area contributed by atoms with Crippen LogP contribution in [0.4, 0.5) is 14.7 Å². The maximum atomic E-state index is 12.5. The number of alkyl halides is 2. The number of pyridine rings is 1. The Hall–Kier alpha value is -3.55. The van der Waals surface area contributed by atoms with Gasteiger partial charge in [-0.3, -0.25) is 0 Å². The van der Waals surface area contributed by atoms with Crippen LogP contribution in [0.15, 0.2) is 61.2 Å². The molecule has 0 unspecified atom stereocenters. The number of benzene rings is 1. The van der Waals surface area contributed by atoms with Crippen molar-refractivity contribution in [2.45, 2.75) is 19.6 Å². The summed E-state index contributed by atoms with van der Waals surface area (Å²) in [7, 11) is 0. The van der Waals surface area contributed by atoms with E-state index in [1.54, 1.807) is 36.8 Å². The van der Waals surface area contributed by atoms with Crippen molar-refractivity contribution in [1.29, 1.82) is 0 Å². The van der Waals surface area contributed by atoms with Crippen LogP contribution in [0.5, 0.6) is 5.75 Å². The summed E-state index contributed by atoms with van der Waals surface area (Å²) in [5.41, 5.74) is 3.52. The largest absolute Gasteiger partial charge is 0.434 e. The molecule has 6 nitrogen and oxygen atoms in total. The topological polar surface area (TPSA) is 75.7 Å². The Morgan fingerprint density at radius 3 is 2.64 bits per heavy atom. The molecule has 0 atom stereocenters. The molecule has 0 spiro atoms. The van der Waals surface area contributed by atoms with E-state index in [0.717, 1.165) is 22.2 Å². The van der Waals surface area contributed by atoms with Crippen molar-refractivity contribution in [3.63, 3.8) is 0 Å². The number of aromatic amines is 1. The number of nitrogens with zero attached hydrogens (tertiary/aromatic N) is 3. The lowest BCUT2D eigenvalue weighted by molar-refractivity contribution is -0.0504. The van der Waals surface area contributed by atoms with Gasteiger partial charge in [0.2, 0.25) is 5.95 Å². The quantitative estimate of drug-likeness (QED) is 0.503. The van der Waals surface area contributed by atoms with E-state index < -0.39 is 6.61 Å². The van der Waals surface area contributed by atoms with Crippen LogP contribution in [0, 0.1) is 0 Å². The lowest BCUT2D eigenvalue weighted by Crippen LogP contribution is -2.08. The summed E-state index contributed by atoms with van der Waals surface area (Å²) in [6, 6.07) is 10.5. The van der Waals surface area contributed by atoms with Gasteiger partial charge in [0.1, 0.15) is 11.4 Å². The molecule has 1 aromatic carbocycles. The van der Waals surface area contributed by atoms with Crippen LogP contribution >= 0.6 is 0 Å². The number of H-pyrrole nitrogens is 1. The van der Waals surface area contributed by atoms with Gasteiger partial charge in [-0.1, -0.05) is 18.2 Å². The molecule has 4 aromatic rings. The summed E-state index contributed by atoms with van der Waals surface area (Å²) in [6.07, 6.45) is 7.84. The predicted octanol–water partition coefficient (Wildman–Crippen LogP) is 4.16. The molecule has 0 aliphatic rings. The Morgan fingerprint density at radius 2 is 1.82 bits per heavy atom. The summed E-state index contributed by atoms with van der Waals surface area (Å²) in [5, 5.41) is 4.10. The van der Waals surface area contributed by atoms with E-state index in [-0.39, 0.29) is 12.3 Å². The van der Waals surface area contributed by atoms with Crippen molar-refractivity contribution < 1.29 is 13.5 Å². The molecule has 0 amide bonds. The van der Waals surface area contributed by atoms with E-state index in [1.165, 1.54) is 6.07 Å². The second-order valence-corrected chi connectivity index (χ2v) is 6.14. The van der Waals surface area contributed by atoms with Gasteiger partial charge in [-0.2, -0.15) is 8.78 Å². The van der Waals surface area contributed by atoms with Gasteiger partial charge < -0.3 is 15.0 Å². The molecule has 142 valence electrons. The fourth-order valence-corrected chi connectivity index (χ4v) is 2.95. The van der Waals surface area contributed by atoms with E-state index >= 15 is 0 Å². The van der Waals surface area contributed by atoms with Gasteiger partial charge >= 0.3 is 6.61 Å². The van der Waals surface area contributed by atoms with Crippen LogP contribution < -0.4 is 10.1 Å². The number of hydrogen-bond acceptors (Lipinski definition) is 5. The van der Waals surface area contributed by atoms with Gasteiger partial charge in [-0.05, 0) is 29.3 Å². The number of nitrogens with one attached hydrogen (secondary N) is 2. The van der Waals surface area contributed by atoms with Gasteiger partial charge in [0, 0.05) is 48.7 Å². The fourth-order valence-electron chi connectivity index (χ4n) is 2.95. The smallest absolute Gasteiger partial charge is 0.387 e. The molecule has 0 saturated carbocycles. The third kappa shape index (κ3) is 4.06. The van der Waals surface area contributed by atoms with E-state index in [9.17, 15) is 8.78 Å². The first-order valence-electron chi connectivity index (χ1n) is 8.67. The molecule has 3 heterocycles. The average Bonchev–Trinajstić information content (AvgIpc) is 3.11. The third-order valence-electron chi connectivity index (χ3n) is 4.26. The van der Waals surface area contributed by atoms with Crippen molar-refractivity contribution in [3.8, 4) is 5.75 Å². The van der Waals surface area contributed by atoms with Crippen LogP contribution in [-0.4, -0.2) is 26.5 Å². The second kappa shape index (κ2) is 7.99. The molecular formula is C20H17F2N5O. The first-order chi connectivity index (χ1) is 13.7. The van der Waals surface area contributed by atoms with Crippen molar-refractivity contribution in [3.05, 3.63) is 77.9 Å². The molecule has 3 aromatic heterocycles. The van der Waals surface area contributed by atoms with Crippen LogP contribution in [-0.2, 0) is 13.0 Å². The molecule has 0 aliphatic carbocycles. The SMILES string of the molecule is FC(F)Oc1ccccc1CNc1ncc(Cc2c[nH]c3ncccc23)cn1. The molecule has 0 bridgehead atoms. The number of anilines is 1. The molecule has 0 saturated heterocycles. The molecule has 28 heavy (non-hydrogen) atoms. The van der Waals surface area contributed by atoms with Crippen molar-refractivity contribution in [1.82, 2.24) is 19.9 Å². The lowest BCUT2D eigenvalue weighted by atomic mass is 10.1. The minimum absolute atomic E-state index is 0.134. The van der Waals surface area contributed by atoms with Crippen molar-refractivity contribution >= 4 is 17.0 Å². The number of ether oxygens (including phenoxy) is 1. The zero-order valence-corrected chi connectivity index (χ0v) is 14.8. The zero-order valence-electron chi connectivity index (χ0n) is 14.8. The number of hydrogen-bond donors (Lipinski definition) is 2. The first-order valence-corrected chi connectivity index (χ1v) is 8.67. The molecule has 8 heteroatoms. The Morgan fingerprint density at radius 1 is 1.00 bits per heavy atom. The van der Waals surface area contributed by atoms with Gasteiger partial charge in [-0.15, -0.1) is 0 Å². The second-order valence-electron chi connectivity index (χ2n) is 6.14. The number of rotatable bonds is 7.